The van der Waals surface area contributed by atoms with E-state index >= 15 is 0 Å². The molecule has 0 aliphatic carbocycles. The van der Waals surface area contributed by atoms with Crippen LogP contribution in [0.5, 0.6) is 5.75 Å². The first-order chi connectivity index (χ1) is 10.2. The molecule has 0 radical (unpaired) electrons. The first-order valence-electron chi connectivity index (χ1n) is 6.83. The third-order valence-electron chi connectivity index (χ3n) is 3.33. The predicted molar refractivity (Wildman–Crippen MR) is 79.1 cm³/mol. The maximum atomic E-state index is 12.5. The Morgan fingerprint density at radius 3 is 2.90 bits per heavy atom. The van der Waals surface area contributed by atoms with Crippen molar-refractivity contribution in [2.75, 3.05) is 7.11 Å². The van der Waals surface area contributed by atoms with Gasteiger partial charge in [0.05, 0.1) is 18.5 Å². The zero-order valence-corrected chi connectivity index (χ0v) is 12.0. The minimum atomic E-state index is -0.118. The summed E-state index contributed by atoms with van der Waals surface area (Å²) >= 11 is 0. The molecule has 2 heterocycles. The van der Waals surface area contributed by atoms with Gasteiger partial charge < -0.3 is 4.74 Å². The fourth-order valence-electron chi connectivity index (χ4n) is 2.38. The van der Waals surface area contributed by atoms with E-state index in [4.69, 9.17) is 4.74 Å². The lowest BCUT2D eigenvalue weighted by Crippen LogP contribution is -2.22. The molecule has 0 N–H and O–H groups in total. The second kappa shape index (κ2) is 5.40. The number of fused-ring (bicyclic) bond motifs is 1. The van der Waals surface area contributed by atoms with Gasteiger partial charge in [-0.25, -0.2) is 9.08 Å². The second-order valence-corrected chi connectivity index (χ2v) is 4.73. The van der Waals surface area contributed by atoms with Gasteiger partial charge in [0.1, 0.15) is 12.1 Å². The van der Waals surface area contributed by atoms with Gasteiger partial charge >= 0.3 is 0 Å². The van der Waals surface area contributed by atoms with Crippen LogP contribution in [-0.4, -0.2) is 26.3 Å². The molecule has 0 aliphatic rings. The van der Waals surface area contributed by atoms with Crippen LogP contribution in [0, 0.1) is 0 Å². The molecule has 0 unspecified atom stereocenters. The van der Waals surface area contributed by atoms with Crippen molar-refractivity contribution in [2.24, 2.45) is 0 Å². The van der Waals surface area contributed by atoms with Gasteiger partial charge in [-0.1, -0.05) is 19.4 Å². The maximum Gasteiger partial charge on any atom is 0.259 e. The number of ether oxygens (including phenoxy) is 1. The van der Waals surface area contributed by atoms with Gasteiger partial charge in [-0.3, -0.25) is 4.79 Å². The Balaban J connectivity index is 2.27. The van der Waals surface area contributed by atoms with Crippen LogP contribution in [0.3, 0.4) is 0 Å². The molecule has 0 saturated carbocycles. The topological polar surface area (TPSA) is 61.4 Å². The monoisotopic (exact) mass is 284 g/mol. The van der Waals surface area contributed by atoms with Gasteiger partial charge in [-0.2, -0.15) is 10.1 Å². The molecule has 0 atom stereocenters. The minimum Gasteiger partial charge on any atom is -0.497 e. The summed E-state index contributed by atoms with van der Waals surface area (Å²) in [6.45, 7) is 2.07. The molecule has 0 fully saturated rings. The smallest absolute Gasteiger partial charge is 0.259 e. The molecular weight excluding hydrogens is 268 g/mol. The van der Waals surface area contributed by atoms with Gasteiger partial charge in [-0.05, 0) is 18.6 Å². The standard InChI is InChI=1S/C15H16N4O2/c1-3-5-12-9-14(20)18(15-16-10-17-19(12)15)11-6-4-7-13(8-11)21-2/h4,6-10H,3,5H2,1-2H3. The molecule has 0 spiro atoms. The third-order valence-corrected chi connectivity index (χ3v) is 3.33. The fraction of sp³-hybridized carbons (Fsp3) is 0.267. The lowest BCUT2D eigenvalue weighted by Gasteiger charge is -2.10. The van der Waals surface area contributed by atoms with Crippen LogP contribution in [-0.2, 0) is 6.42 Å². The summed E-state index contributed by atoms with van der Waals surface area (Å²) in [5, 5.41) is 4.22. The van der Waals surface area contributed by atoms with Gasteiger partial charge in [0, 0.05) is 12.1 Å². The average molecular weight is 284 g/mol. The minimum absolute atomic E-state index is 0.118. The van der Waals surface area contributed by atoms with Crippen molar-refractivity contribution in [1.82, 2.24) is 19.2 Å². The first kappa shape index (κ1) is 13.4. The number of hydrogen-bond acceptors (Lipinski definition) is 4. The largest absolute Gasteiger partial charge is 0.497 e. The number of benzene rings is 1. The van der Waals surface area contributed by atoms with E-state index in [-0.39, 0.29) is 5.56 Å². The number of hydrogen-bond donors (Lipinski definition) is 0. The Hall–Kier alpha value is -2.63. The van der Waals surface area contributed by atoms with Crippen LogP contribution >= 0.6 is 0 Å². The van der Waals surface area contributed by atoms with E-state index in [2.05, 4.69) is 17.0 Å². The van der Waals surface area contributed by atoms with Crippen molar-refractivity contribution in [2.45, 2.75) is 19.8 Å². The molecule has 3 aromatic rings. The zero-order chi connectivity index (χ0) is 14.8. The summed E-state index contributed by atoms with van der Waals surface area (Å²) in [4.78, 5) is 16.7. The van der Waals surface area contributed by atoms with Crippen LogP contribution in [0.25, 0.3) is 11.5 Å². The summed E-state index contributed by atoms with van der Waals surface area (Å²) < 4.78 is 8.46. The normalized spacial score (nSPS) is 11.0. The van der Waals surface area contributed by atoms with Gasteiger partial charge in [0.25, 0.3) is 5.56 Å². The molecule has 3 rings (SSSR count). The average Bonchev–Trinajstić information content (AvgIpc) is 2.97. The van der Waals surface area contributed by atoms with E-state index in [0.29, 0.717) is 17.2 Å². The van der Waals surface area contributed by atoms with E-state index in [0.717, 1.165) is 18.5 Å². The van der Waals surface area contributed by atoms with Crippen LogP contribution < -0.4 is 10.3 Å². The summed E-state index contributed by atoms with van der Waals surface area (Å²) in [7, 11) is 1.60. The summed E-state index contributed by atoms with van der Waals surface area (Å²) in [6.07, 6.45) is 3.19. The van der Waals surface area contributed by atoms with Crippen LogP contribution in [0.4, 0.5) is 0 Å². The molecule has 6 nitrogen and oxygen atoms in total. The van der Waals surface area contributed by atoms with Crippen molar-refractivity contribution < 1.29 is 4.74 Å². The molecule has 0 saturated heterocycles. The summed E-state index contributed by atoms with van der Waals surface area (Å²) in [5.41, 5.74) is 1.46. The zero-order valence-electron chi connectivity index (χ0n) is 12.0. The van der Waals surface area contributed by atoms with Crippen molar-refractivity contribution >= 4 is 5.78 Å². The highest BCUT2D eigenvalue weighted by Crippen LogP contribution is 2.17. The first-order valence-corrected chi connectivity index (χ1v) is 6.83. The van der Waals surface area contributed by atoms with Gasteiger partial charge in [0.2, 0.25) is 5.78 Å². The highest BCUT2D eigenvalue weighted by atomic mass is 16.5. The second-order valence-electron chi connectivity index (χ2n) is 4.73. The van der Waals surface area contributed by atoms with E-state index in [1.54, 1.807) is 23.8 Å². The Labute approximate surface area is 121 Å². The Morgan fingerprint density at radius 1 is 1.29 bits per heavy atom. The summed E-state index contributed by atoms with van der Waals surface area (Å²) in [6, 6.07) is 8.94. The molecule has 21 heavy (non-hydrogen) atoms. The number of methoxy groups -OCH3 is 1. The van der Waals surface area contributed by atoms with E-state index in [1.807, 2.05) is 18.2 Å². The number of rotatable bonds is 4. The molecular formula is C15H16N4O2. The van der Waals surface area contributed by atoms with Crippen LogP contribution in [0.1, 0.15) is 19.0 Å². The van der Waals surface area contributed by atoms with Crippen molar-refractivity contribution in [3.63, 3.8) is 0 Å². The third kappa shape index (κ3) is 2.29. The van der Waals surface area contributed by atoms with Crippen molar-refractivity contribution in [3.05, 3.63) is 52.7 Å². The molecule has 1 aromatic carbocycles. The molecule has 0 amide bonds. The molecule has 6 heteroatoms. The number of aromatic nitrogens is 4. The molecule has 2 aromatic heterocycles. The lowest BCUT2D eigenvalue weighted by atomic mass is 10.2. The highest BCUT2D eigenvalue weighted by molar-refractivity contribution is 5.46. The maximum absolute atomic E-state index is 12.5. The van der Waals surface area contributed by atoms with E-state index in [9.17, 15) is 4.79 Å². The lowest BCUT2D eigenvalue weighted by molar-refractivity contribution is 0.414. The summed E-state index contributed by atoms with van der Waals surface area (Å²) in [5.74, 6) is 1.20. The SMILES string of the molecule is CCCc1cc(=O)n(-c2cccc(OC)c2)c2ncnn12. The Bertz CT molecular complexity index is 835. The highest BCUT2D eigenvalue weighted by Gasteiger charge is 2.12. The number of aryl methyl sites for hydroxylation is 1. The Kier molecular flexibility index (Phi) is 3.43. The van der Waals surface area contributed by atoms with Gasteiger partial charge in [0.15, 0.2) is 0 Å². The predicted octanol–water partition coefficient (Wildman–Crippen LogP) is 1.84. The van der Waals surface area contributed by atoms with Gasteiger partial charge in [-0.15, -0.1) is 0 Å². The van der Waals surface area contributed by atoms with E-state index in [1.165, 1.54) is 10.9 Å². The molecule has 0 bridgehead atoms. The molecule has 108 valence electrons. The van der Waals surface area contributed by atoms with Crippen molar-refractivity contribution in [1.29, 1.82) is 0 Å². The van der Waals surface area contributed by atoms with Crippen LogP contribution in [0.2, 0.25) is 0 Å². The quantitative estimate of drug-likeness (QED) is 0.733. The molecule has 0 aliphatic heterocycles. The van der Waals surface area contributed by atoms with Crippen molar-refractivity contribution in [3.8, 4) is 11.4 Å². The Morgan fingerprint density at radius 2 is 2.14 bits per heavy atom. The number of nitrogens with zero attached hydrogens (tertiary/aromatic N) is 4. The van der Waals surface area contributed by atoms with E-state index < -0.39 is 0 Å². The van der Waals surface area contributed by atoms with Crippen LogP contribution in [0.15, 0.2) is 41.5 Å². The fourth-order valence-corrected chi connectivity index (χ4v) is 2.38.